The van der Waals surface area contributed by atoms with E-state index < -0.39 is 0 Å². The minimum Gasteiger partial charge on any atom is -0.456 e. The molecule has 0 fully saturated rings. The summed E-state index contributed by atoms with van der Waals surface area (Å²) in [7, 11) is 0. The number of aromatic nitrogens is 3. The van der Waals surface area contributed by atoms with Crippen molar-refractivity contribution in [2.45, 2.75) is 0 Å². The van der Waals surface area contributed by atoms with Crippen molar-refractivity contribution in [3.8, 4) is 56.4 Å². The first-order valence-electron chi connectivity index (χ1n) is 16.6. The summed E-state index contributed by atoms with van der Waals surface area (Å²) >= 11 is 0. The van der Waals surface area contributed by atoms with Crippen LogP contribution in [0.2, 0.25) is 0 Å². The standard InChI is InChI=1S/C45H27N3O2/c1-4-13-28(14-5-1)31-23-32(25-33(24-31)45-47-43(29-15-6-2-7-16-29)46-44(48-45)30-17-8-3-9-18-30)34-20-12-21-36-38-26-37-35-19-10-11-22-39(35)49-40(37)27-41(38)50-42(34)36/h1-27H. The highest BCUT2D eigenvalue weighted by Crippen LogP contribution is 2.41. The highest BCUT2D eigenvalue weighted by Gasteiger charge is 2.19. The lowest BCUT2D eigenvalue weighted by Crippen LogP contribution is -2.00. The number of nitrogens with zero attached hydrogens (tertiary/aromatic N) is 3. The SMILES string of the molecule is c1ccc(-c2cc(-c3nc(-c4ccccc4)nc(-c4ccccc4)n3)cc(-c3cccc4c3oc3cc5oc6ccccc6c5cc34)c2)cc1. The van der Waals surface area contributed by atoms with E-state index in [0.29, 0.717) is 17.5 Å². The molecule has 0 aliphatic rings. The largest absolute Gasteiger partial charge is 0.456 e. The second-order valence-electron chi connectivity index (χ2n) is 12.4. The fourth-order valence-electron chi connectivity index (χ4n) is 6.89. The molecule has 0 saturated heterocycles. The minimum absolute atomic E-state index is 0.598. The molecule has 0 bridgehead atoms. The van der Waals surface area contributed by atoms with Crippen LogP contribution >= 0.6 is 0 Å². The van der Waals surface area contributed by atoms with Crippen molar-refractivity contribution in [2.75, 3.05) is 0 Å². The Morgan fingerprint density at radius 2 is 0.820 bits per heavy atom. The fraction of sp³-hybridized carbons (Fsp3) is 0. The van der Waals surface area contributed by atoms with Crippen LogP contribution in [0.1, 0.15) is 0 Å². The van der Waals surface area contributed by atoms with Crippen molar-refractivity contribution < 1.29 is 8.83 Å². The van der Waals surface area contributed by atoms with Crippen molar-refractivity contribution in [1.82, 2.24) is 15.0 Å². The third-order valence-electron chi connectivity index (χ3n) is 9.30. The zero-order valence-corrected chi connectivity index (χ0v) is 26.7. The van der Waals surface area contributed by atoms with Crippen LogP contribution in [0.15, 0.2) is 173 Å². The Bertz CT molecular complexity index is 2800. The summed E-state index contributed by atoms with van der Waals surface area (Å²) in [6.07, 6.45) is 0. The lowest BCUT2D eigenvalue weighted by molar-refractivity contribution is 0.656. The Labute approximate surface area is 287 Å². The first-order valence-corrected chi connectivity index (χ1v) is 16.6. The number of hydrogen-bond acceptors (Lipinski definition) is 5. The second kappa shape index (κ2) is 11.4. The van der Waals surface area contributed by atoms with Gasteiger partial charge in [0.15, 0.2) is 17.5 Å². The van der Waals surface area contributed by atoms with Gasteiger partial charge >= 0.3 is 0 Å². The Morgan fingerprint density at radius 1 is 0.300 bits per heavy atom. The van der Waals surface area contributed by atoms with Gasteiger partial charge < -0.3 is 8.83 Å². The highest BCUT2D eigenvalue weighted by atomic mass is 16.3. The van der Waals surface area contributed by atoms with E-state index >= 15 is 0 Å². The number of benzene rings is 7. The zero-order valence-electron chi connectivity index (χ0n) is 26.7. The first-order chi connectivity index (χ1) is 24.7. The van der Waals surface area contributed by atoms with Crippen LogP contribution < -0.4 is 0 Å². The zero-order chi connectivity index (χ0) is 33.0. The lowest BCUT2D eigenvalue weighted by Gasteiger charge is -2.12. The molecule has 7 aromatic carbocycles. The number of hydrogen-bond donors (Lipinski definition) is 0. The molecule has 3 heterocycles. The van der Waals surface area contributed by atoms with E-state index in [1.165, 1.54) is 0 Å². The van der Waals surface area contributed by atoms with Gasteiger partial charge in [-0.25, -0.2) is 15.0 Å². The molecule has 5 heteroatoms. The first kappa shape index (κ1) is 28.2. The van der Waals surface area contributed by atoms with Gasteiger partial charge in [0.1, 0.15) is 22.3 Å². The minimum atomic E-state index is 0.598. The maximum absolute atomic E-state index is 6.69. The third kappa shape index (κ3) is 4.75. The molecule has 234 valence electrons. The van der Waals surface area contributed by atoms with Crippen molar-refractivity contribution in [3.63, 3.8) is 0 Å². The smallest absolute Gasteiger partial charge is 0.164 e. The summed E-state index contributed by atoms with van der Waals surface area (Å²) in [6.45, 7) is 0. The molecule has 50 heavy (non-hydrogen) atoms. The van der Waals surface area contributed by atoms with Gasteiger partial charge in [-0.05, 0) is 47.0 Å². The fourth-order valence-corrected chi connectivity index (χ4v) is 6.89. The molecular weight excluding hydrogens is 615 g/mol. The summed E-state index contributed by atoms with van der Waals surface area (Å²) in [5, 5.41) is 4.28. The van der Waals surface area contributed by atoms with Gasteiger partial charge in [0.25, 0.3) is 0 Å². The van der Waals surface area contributed by atoms with Crippen LogP contribution in [0, 0.1) is 0 Å². The van der Waals surface area contributed by atoms with Crippen molar-refractivity contribution in [2.24, 2.45) is 0 Å². The molecule has 0 radical (unpaired) electrons. The van der Waals surface area contributed by atoms with Crippen molar-refractivity contribution in [1.29, 1.82) is 0 Å². The monoisotopic (exact) mass is 641 g/mol. The van der Waals surface area contributed by atoms with Gasteiger partial charge in [-0.2, -0.15) is 0 Å². The Kier molecular flexibility index (Phi) is 6.42. The molecule has 0 saturated carbocycles. The van der Waals surface area contributed by atoms with E-state index in [9.17, 15) is 0 Å². The van der Waals surface area contributed by atoms with E-state index in [1.54, 1.807) is 0 Å². The molecule has 3 aromatic heterocycles. The molecule has 0 aliphatic carbocycles. The van der Waals surface area contributed by atoms with Crippen LogP contribution in [0.25, 0.3) is 100 Å². The van der Waals surface area contributed by atoms with Gasteiger partial charge in [-0.15, -0.1) is 0 Å². The molecular formula is C45H27N3O2. The quantitative estimate of drug-likeness (QED) is 0.187. The lowest BCUT2D eigenvalue weighted by atomic mass is 9.94. The van der Waals surface area contributed by atoms with E-state index in [4.69, 9.17) is 23.8 Å². The van der Waals surface area contributed by atoms with Gasteiger partial charge in [0.2, 0.25) is 0 Å². The number of furan rings is 2. The maximum atomic E-state index is 6.69. The van der Waals surface area contributed by atoms with E-state index in [2.05, 4.69) is 72.8 Å². The average molecular weight is 642 g/mol. The summed E-state index contributed by atoms with van der Waals surface area (Å²) in [4.78, 5) is 15.0. The summed E-state index contributed by atoms with van der Waals surface area (Å²) < 4.78 is 12.9. The molecule has 0 unspecified atom stereocenters. The highest BCUT2D eigenvalue weighted by molar-refractivity contribution is 6.16. The Balaban J connectivity index is 1.20. The molecule has 10 rings (SSSR count). The number of rotatable bonds is 5. The Hall–Kier alpha value is -6.85. The number of para-hydroxylation sites is 2. The average Bonchev–Trinajstić information content (AvgIpc) is 3.75. The van der Waals surface area contributed by atoms with Crippen LogP contribution in [-0.4, -0.2) is 15.0 Å². The molecule has 0 spiro atoms. The normalized spacial score (nSPS) is 11.6. The van der Waals surface area contributed by atoms with Gasteiger partial charge in [-0.1, -0.05) is 127 Å². The predicted molar refractivity (Wildman–Crippen MR) is 202 cm³/mol. The van der Waals surface area contributed by atoms with Crippen molar-refractivity contribution >= 4 is 43.9 Å². The molecule has 10 aromatic rings. The van der Waals surface area contributed by atoms with Crippen LogP contribution in [0.4, 0.5) is 0 Å². The molecule has 5 nitrogen and oxygen atoms in total. The third-order valence-corrected chi connectivity index (χ3v) is 9.30. The van der Waals surface area contributed by atoms with Gasteiger partial charge in [0.05, 0.1) is 0 Å². The van der Waals surface area contributed by atoms with E-state index in [0.717, 1.165) is 82.8 Å². The topological polar surface area (TPSA) is 65.0 Å². The maximum Gasteiger partial charge on any atom is 0.164 e. The summed E-state index contributed by atoms with van der Waals surface area (Å²) in [5.41, 5.74) is 10.2. The second-order valence-corrected chi connectivity index (χ2v) is 12.4. The number of fused-ring (bicyclic) bond motifs is 6. The van der Waals surface area contributed by atoms with Crippen molar-refractivity contribution in [3.05, 3.63) is 164 Å². The van der Waals surface area contributed by atoms with Crippen LogP contribution in [0.3, 0.4) is 0 Å². The van der Waals surface area contributed by atoms with Crippen LogP contribution in [-0.2, 0) is 0 Å². The van der Waals surface area contributed by atoms with Gasteiger partial charge in [0, 0.05) is 49.9 Å². The molecule has 0 N–H and O–H groups in total. The summed E-state index contributed by atoms with van der Waals surface area (Å²) in [6, 6.07) is 55.8. The van der Waals surface area contributed by atoms with E-state index in [1.807, 2.05) is 91.0 Å². The molecule has 0 atom stereocenters. The van der Waals surface area contributed by atoms with Crippen LogP contribution in [0.5, 0.6) is 0 Å². The van der Waals surface area contributed by atoms with Gasteiger partial charge in [-0.3, -0.25) is 0 Å². The van der Waals surface area contributed by atoms with E-state index in [-0.39, 0.29) is 0 Å². The molecule has 0 aliphatic heterocycles. The summed E-state index contributed by atoms with van der Waals surface area (Å²) in [5.74, 6) is 1.84. The predicted octanol–water partition coefficient (Wildman–Crippen LogP) is 12.0. The molecule has 0 amide bonds. The Morgan fingerprint density at radius 3 is 1.52 bits per heavy atom.